The Hall–Kier alpha value is -9.37. The molecule has 3 aliphatic carbocycles. The third-order valence-electron chi connectivity index (χ3n) is 17.9. The fourth-order valence-corrected chi connectivity index (χ4v) is 13.3. The molecule has 10 rings (SSSR count). The standard InChI is InChI=1S/C79H89N3O16S/c1-3-73(83)90-49-19-7-5-17-47-88-61-36-40-63(41-37-61)95-76(85)58-32-30-57(31-33-58)55-94-98-71-45-44-65(96-77(86)59-34-28-56(29-35-59)54-93-97-64-42-38-62(39-43-64)89-48-18-6-8-20-50-91-74(84)4-2)52-60(71)53-80-82(79-81-70-26-14-15-27-72(70)99-79)46-16-9-21-51-92-78(87)75-68-24-12-10-22-66(68)67-23-11-13-25-69(67)75/h3-4,10-15,22-27,36-45,52-53,56-59,75H,1-2,5-9,16-21,28-35,46-51,54-55H2/b80-53+. The maximum atomic E-state index is 13.9. The number of benzene rings is 6. The van der Waals surface area contributed by atoms with Crippen LogP contribution < -0.4 is 33.7 Å². The second-order valence-corrected chi connectivity index (χ2v) is 26.1. The van der Waals surface area contributed by atoms with Crippen LogP contribution in [0.4, 0.5) is 5.13 Å². The molecule has 6 aromatic carbocycles. The summed E-state index contributed by atoms with van der Waals surface area (Å²) in [6.07, 6.45) is 18.8. The van der Waals surface area contributed by atoms with Gasteiger partial charge in [0.1, 0.15) is 28.9 Å². The number of hydrogen-bond donors (Lipinski definition) is 0. The molecule has 0 aliphatic heterocycles. The molecule has 7 aromatic rings. The van der Waals surface area contributed by atoms with E-state index in [2.05, 4.69) is 25.3 Å². The van der Waals surface area contributed by atoms with Crippen molar-refractivity contribution in [3.05, 3.63) is 182 Å². The van der Waals surface area contributed by atoms with Gasteiger partial charge in [0.05, 0.1) is 74.5 Å². The number of anilines is 1. The lowest BCUT2D eigenvalue weighted by Gasteiger charge is -2.27. The lowest BCUT2D eigenvalue weighted by molar-refractivity contribution is -0.218. The van der Waals surface area contributed by atoms with Crippen molar-refractivity contribution < 1.29 is 76.7 Å². The van der Waals surface area contributed by atoms with Gasteiger partial charge in [-0.2, -0.15) is 14.9 Å². The van der Waals surface area contributed by atoms with Crippen LogP contribution in [0, 0.1) is 23.7 Å². The molecule has 0 N–H and O–H groups in total. The summed E-state index contributed by atoms with van der Waals surface area (Å²) in [4.78, 5) is 91.7. The fourth-order valence-electron chi connectivity index (χ4n) is 12.4. The molecule has 0 bridgehead atoms. The Morgan fingerprint density at radius 3 is 1.53 bits per heavy atom. The van der Waals surface area contributed by atoms with Crippen molar-refractivity contribution >= 4 is 62.7 Å². The number of fused-ring (bicyclic) bond motifs is 4. The number of ether oxygens (including phenoxy) is 7. The molecule has 2 fully saturated rings. The Bertz CT molecular complexity index is 3700. The minimum Gasteiger partial charge on any atom is -0.494 e. The molecule has 0 radical (unpaired) electrons. The molecule has 3 aliphatic rings. The van der Waals surface area contributed by atoms with Gasteiger partial charge in [0, 0.05) is 24.3 Å². The van der Waals surface area contributed by atoms with E-state index >= 15 is 0 Å². The molecule has 0 spiro atoms. The highest BCUT2D eigenvalue weighted by Gasteiger charge is 2.35. The van der Waals surface area contributed by atoms with Crippen LogP contribution >= 0.6 is 11.3 Å². The quantitative estimate of drug-likeness (QED) is 0.00510. The molecule has 2 saturated carbocycles. The van der Waals surface area contributed by atoms with E-state index in [-0.39, 0.29) is 54.8 Å². The predicted octanol–water partition coefficient (Wildman–Crippen LogP) is 16.4. The molecule has 0 amide bonds. The van der Waals surface area contributed by atoms with E-state index in [1.807, 2.05) is 77.8 Å². The van der Waals surface area contributed by atoms with Crippen molar-refractivity contribution in [3.63, 3.8) is 0 Å². The molecule has 1 heterocycles. The molecule has 0 unspecified atom stereocenters. The van der Waals surface area contributed by atoms with Crippen molar-refractivity contribution in [2.75, 3.05) is 57.8 Å². The molecule has 20 heteroatoms. The van der Waals surface area contributed by atoms with Gasteiger partial charge in [0.2, 0.25) is 5.13 Å². The maximum Gasteiger partial charge on any atom is 0.330 e. The maximum absolute atomic E-state index is 13.9. The van der Waals surface area contributed by atoms with Gasteiger partial charge in [0.15, 0.2) is 11.5 Å². The SMILES string of the molecule is C=CC(=O)OCCCCCCOc1ccc(OOCC2CCC(C(=O)Oc3ccc(OOCC4CCC(C(=O)Oc5ccc(OCCCCCCOC(=O)C=C)cc5)CC4)c(/C=N/N(CCCCCOC(=O)C4c5ccccc5-c5ccccc54)c4nc5ccccc5s4)c3)CC2)cc1. The predicted molar refractivity (Wildman–Crippen MR) is 378 cm³/mol. The van der Waals surface area contributed by atoms with Crippen LogP contribution in [0.15, 0.2) is 170 Å². The summed E-state index contributed by atoms with van der Waals surface area (Å²) in [6, 6.07) is 43.5. The van der Waals surface area contributed by atoms with E-state index < -0.39 is 17.9 Å². The Labute approximate surface area is 583 Å². The van der Waals surface area contributed by atoms with Crippen molar-refractivity contribution in [3.8, 4) is 45.6 Å². The highest BCUT2D eigenvalue weighted by molar-refractivity contribution is 7.22. The Kier molecular flexibility index (Phi) is 28.3. The van der Waals surface area contributed by atoms with Gasteiger partial charge in [-0.15, -0.1) is 0 Å². The van der Waals surface area contributed by atoms with E-state index in [0.29, 0.717) is 118 Å². The first-order valence-corrected chi connectivity index (χ1v) is 35.6. The number of para-hydroxylation sites is 1. The molecular formula is C79H89N3O16S. The summed E-state index contributed by atoms with van der Waals surface area (Å²) in [6.45, 7) is 10.1. The molecule has 0 atom stereocenters. The van der Waals surface area contributed by atoms with Crippen LogP contribution in [0.25, 0.3) is 21.3 Å². The van der Waals surface area contributed by atoms with Gasteiger partial charge in [0.25, 0.3) is 0 Å². The van der Waals surface area contributed by atoms with Crippen LogP contribution in [-0.2, 0) is 48.0 Å². The zero-order valence-electron chi connectivity index (χ0n) is 56.2. The number of unbranched alkanes of at least 4 members (excludes halogenated alkanes) is 8. The fraction of sp³-hybridized carbons (Fsp3) is 0.405. The second kappa shape index (κ2) is 38.7. The Morgan fingerprint density at radius 1 is 0.485 bits per heavy atom. The molecule has 99 heavy (non-hydrogen) atoms. The van der Waals surface area contributed by atoms with Crippen molar-refractivity contribution in [2.24, 2.45) is 28.8 Å². The van der Waals surface area contributed by atoms with Gasteiger partial charge in [-0.1, -0.05) is 85.2 Å². The molecule has 1 aromatic heterocycles. The number of thiazole rings is 1. The minimum absolute atomic E-state index is 0.127. The van der Waals surface area contributed by atoms with Gasteiger partial charge in [-0.25, -0.2) is 19.6 Å². The molecule has 0 saturated heterocycles. The number of carbonyl (C=O) groups excluding carboxylic acids is 5. The lowest BCUT2D eigenvalue weighted by atomic mass is 9.82. The highest BCUT2D eigenvalue weighted by atomic mass is 32.1. The van der Waals surface area contributed by atoms with E-state index in [1.54, 1.807) is 60.8 Å². The largest absolute Gasteiger partial charge is 0.494 e. The topological polar surface area (TPSA) is 215 Å². The number of aromatic nitrogens is 1. The minimum atomic E-state index is -0.461. The van der Waals surface area contributed by atoms with Crippen LogP contribution in [0.3, 0.4) is 0 Å². The highest BCUT2D eigenvalue weighted by Crippen LogP contribution is 2.45. The normalized spacial score (nSPS) is 16.4. The number of esters is 5. The van der Waals surface area contributed by atoms with E-state index in [0.717, 1.165) is 128 Å². The Morgan fingerprint density at radius 2 is 0.960 bits per heavy atom. The summed E-state index contributed by atoms with van der Waals surface area (Å²) in [7, 11) is 0. The number of hydrogen-bond acceptors (Lipinski definition) is 20. The average molecular weight is 1370 g/mol. The number of nitrogens with zero attached hydrogens (tertiary/aromatic N) is 3. The average Bonchev–Trinajstić information content (AvgIpc) is 1.61. The van der Waals surface area contributed by atoms with Crippen LogP contribution in [0.1, 0.15) is 145 Å². The molecular weight excluding hydrogens is 1280 g/mol. The summed E-state index contributed by atoms with van der Waals surface area (Å²) in [5.41, 5.74) is 5.42. The van der Waals surface area contributed by atoms with Gasteiger partial charge in [-0.3, -0.25) is 14.4 Å². The summed E-state index contributed by atoms with van der Waals surface area (Å²) in [5, 5.41) is 7.59. The first-order valence-electron chi connectivity index (χ1n) is 34.8. The van der Waals surface area contributed by atoms with Crippen molar-refractivity contribution in [1.82, 2.24) is 4.98 Å². The first kappa shape index (κ1) is 72.4. The van der Waals surface area contributed by atoms with E-state index in [9.17, 15) is 24.0 Å². The first-order chi connectivity index (χ1) is 48.6. The summed E-state index contributed by atoms with van der Waals surface area (Å²) < 4.78 is 40.7. The number of carbonyl (C=O) groups is 5. The van der Waals surface area contributed by atoms with E-state index in [4.69, 9.17) is 62.8 Å². The van der Waals surface area contributed by atoms with Gasteiger partial charge in [-0.05, 0) is 235 Å². The zero-order chi connectivity index (χ0) is 68.8. The lowest BCUT2D eigenvalue weighted by Crippen LogP contribution is -2.27. The zero-order valence-corrected chi connectivity index (χ0v) is 57.0. The van der Waals surface area contributed by atoms with Crippen molar-refractivity contribution in [2.45, 2.75) is 128 Å². The third-order valence-corrected chi connectivity index (χ3v) is 19.0. The van der Waals surface area contributed by atoms with Gasteiger partial charge < -0.3 is 42.9 Å². The van der Waals surface area contributed by atoms with Crippen LogP contribution in [0.5, 0.6) is 34.5 Å². The third kappa shape index (κ3) is 22.3. The number of hydrazone groups is 1. The van der Waals surface area contributed by atoms with Crippen LogP contribution in [-0.4, -0.2) is 93.8 Å². The summed E-state index contributed by atoms with van der Waals surface area (Å²) >= 11 is 1.53. The summed E-state index contributed by atoms with van der Waals surface area (Å²) in [5.74, 6) is 0.795. The second-order valence-electron chi connectivity index (χ2n) is 25.1. The Balaban J connectivity index is 0.712. The van der Waals surface area contributed by atoms with E-state index in [1.165, 1.54) is 17.4 Å². The van der Waals surface area contributed by atoms with Crippen LogP contribution in [0.2, 0.25) is 0 Å². The number of rotatable bonds is 40. The molecule has 19 nitrogen and oxygen atoms in total. The molecule has 522 valence electrons. The van der Waals surface area contributed by atoms with Crippen molar-refractivity contribution in [1.29, 1.82) is 0 Å². The smallest absolute Gasteiger partial charge is 0.330 e. The monoisotopic (exact) mass is 1370 g/mol. The van der Waals surface area contributed by atoms with Gasteiger partial charge >= 0.3 is 29.8 Å².